The van der Waals surface area contributed by atoms with E-state index in [4.69, 9.17) is 0 Å². The number of nitrogens with zero attached hydrogens (tertiary/aromatic N) is 1. The van der Waals surface area contributed by atoms with E-state index in [0.717, 1.165) is 38.6 Å². The van der Waals surface area contributed by atoms with Crippen molar-refractivity contribution in [2.75, 3.05) is 20.1 Å². The molecular formula is C15H27N3O3. The van der Waals surface area contributed by atoms with Gasteiger partial charge in [0.05, 0.1) is 0 Å². The zero-order valence-corrected chi connectivity index (χ0v) is 12.8. The molecule has 0 bridgehead atoms. The molecule has 1 aliphatic heterocycles. The van der Waals surface area contributed by atoms with Crippen molar-refractivity contribution in [1.29, 1.82) is 0 Å². The lowest BCUT2D eigenvalue weighted by molar-refractivity contribution is -0.145. The van der Waals surface area contributed by atoms with Crippen LogP contribution in [0, 0.1) is 5.92 Å². The van der Waals surface area contributed by atoms with Gasteiger partial charge in [0.15, 0.2) is 0 Å². The van der Waals surface area contributed by atoms with E-state index in [0.29, 0.717) is 18.9 Å². The summed E-state index contributed by atoms with van der Waals surface area (Å²) in [6.07, 6.45) is 6.74. The van der Waals surface area contributed by atoms with Crippen LogP contribution in [0.25, 0.3) is 0 Å². The Balaban J connectivity index is 2.01. The van der Waals surface area contributed by atoms with Gasteiger partial charge in [0.25, 0.3) is 0 Å². The third-order valence-electron chi connectivity index (χ3n) is 4.77. The first-order chi connectivity index (χ1) is 10.1. The summed E-state index contributed by atoms with van der Waals surface area (Å²) in [6, 6.07) is -0.748. The first kappa shape index (κ1) is 16.1. The van der Waals surface area contributed by atoms with Gasteiger partial charge in [-0.05, 0) is 51.6 Å². The van der Waals surface area contributed by atoms with Crippen LogP contribution in [0.5, 0.6) is 0 Å². The minimum atomic E-state index is -0.871. The Morgan fingerprint density at radius 2 is 1.90 bits per heavy atom. The van der Waals surface area contributed by atoms with Crippen LogP contribution in [0.2, 0.25) is 0 Å². The molecule has 6 heteroatoms. The van der Waals surface area contributed by atoms with Crippen molar-refractivity contribution in [3.05, 3.63) is 0 Å². The summed E-state index contributed by atoms with van der Waals surface area (Å²) in [7, 11) is 1.87. The summed E-state index contributed by atoms with van der Waals surface area (Å²) in [5, 5.41) is 15.3. The molecule has 1 heterocycles. The highest BCUT2D eigenvalue weighted by Gasteiger charge is 2.43. The molecule has 21 heavy (non-hydrogen) atoms. The highest BCUT2D eigenvalue weighted by molar-refractivity contribution is 5.83. The lowest BCUT2D eigenvalue weighted by Crippen LogP contribution is -2.60. The van der Waals surface area contributed by atoms with Gasteiger partial charge in [-0.3, -0.25) is 0 Å². The third-order valence-corrected chi connectivity index (χ3v) is 4.77. The number of hydrogen-bond donors (Lipinski definition) is 3. The number of carboxylic acid groups (broad SMARTS) is 1. The molecule has 3 unspecified atom stereocenters. The van der Waals surface area contributed by atoms with Crippen molar-refractivity contribution >= 4 is 12.0 Å². The number of carboxylic acids is 1. The Morgan fingerprint density at radius 3 is 2.62 bits per heavy atom. The topological polar surface area (TPSA) is 81.7 Å². The van der Waals surface area contributed by atoms with E-state index < -0.39 is 12.0 Å². The van der Waals surface area contributed by atoms with Crippen LogP contribution in [0.4, 0.5) is 4.79 Å². The number of aliphatic carboxylic acids is 1. The second kappa shape index (κ2) is 7.64. The number of amides is 2. The van der Waals surface area contributed by atoms with Crippen molar-refractivity contribution < 1.29 is 14.7 Å². The Labute approximate surface area is 126 Å². The minimum Gasteiger partial charge on any atom is -0.480 e. The predicted molar refractivity (Wildman–Crippen MR) is 80.2 cm³/mol. The molecule has 120 valence electrons. The first-order valence-corrected chi connectivity index (χ1v) is 8.08. The fourth-order valence-corrected chi connectivity index (χ4v) is 3.72. The van der Waals surface area contributed by atoms with Gasteiger partial charge in [0.2, 0.25) is 0 Å². The SMILES string of the molecule is CNCCCNC(=O)N1C(C(=O)O)CCC2CCCCC21. The van der Waals surface area contributed by atoms with Crippen molar-refractivity contribution in [3.63, 3.8) is 0 Å². The molecule has 0 aromatic heterocycles. The summed E-state index contributed by atoms with van der Waals surface area (Å²) < 4.78 is 0. The number of hydrogen-bond acceptors (Lipinski definition) is 3. The zero-order chi connectivity index (χ0) is 15.2. The van der Waals surface area contributed by atoms with Crippen molar-refractivity contribution in [1.82, 2.24) is 15.5 Å². The van der Waals surface area contributed by atoms with E-state index >= 15 is 0 Å². The molecule has 1 aliphatic carbocycles. The largest absolute Gasteiger partial charge is 0.480 e. The standard InChI is InChI=1S/C15H27N3O3/c1-16-9-4-10-17-15(21)18-12-6-3-2-5-11(12)7-8-13(18)14(19)20/h11-13,16H,2-10H2,1H3,(H,17,21)(H,19,20). The molecule has 0 aromatic carbocycles. The minimum absolute atomic E-state index is 0.109. The number of piperidine rings is 1. The number of carbonyl (C=O) groups excluding carboxylic acids is 1. The molecule has 0 aromatic rings. The van der Waals surface area contributed by atoms with Crippen LogP contribution in [-0.2, 0) is 4.79 Å². The molecule has 2 fully saturated rings. The predicted octanol–water partition coefficient (Wildman–Crippen LogP) is 1.41. The van der Waals surface area contributed by atoms with Crippen molar-refractivity contribution in [2.24, 2.45) is 5.92 Å². The number of fused-ring (bicyclic) bond motifs is 1. The highest BCUT2D eigenvalue weighted by Crippen LogP contribution is 2.37. The average Bonchev–Trinajstić information content (AvgIpc) is 2.50. The van der Waals surface area contributed by atoms with E-state index in [9.17, 15) is 14.7 Å². The van der Waals surface area contributed by atoms with Gasteiger partial charge in [0.1, 0.15) is 6.04 Å². The number of nitrogens with one attached hydrogen (secondary N) is 2. The molecule has 2 rings (SSSR count). The van der Waals surface area contributed by atoms with Gasteiger partial charge < -0.3 is 20.6 Å². The molecule has 6 nitrogen and oxygen atoms in total. The average molecular weight is 297 g/mol. The van der Waals surface area contributed by atoms with Crippen LogP contribution >= 0.6 is 0 Å². The summed E-state index contributed by atoms with van der Waals surface area (Å²) in [4.78, 5) is 25.6. The Bertz CT molecular complexity index is 375. The van der Waals surface area contributed by atoms with Gasteiger partial charge in [-0.15, -0.1) is 0 Å². The Kier molecular flexibility index (Phi) is 5.85. The van der Waals surface area contributed by atoms with E-state index in [1.165, 1.54) is 6.42 Å². The van der Waals surface area contributed by atoms with Gasteiger partial charge in [0, 0.05) is 12.6 Å². The molecule has 1 saturated carbocycles. The quantitative estimate of drug-likeness (QED) is 0.670. The maximum atomic E-state index is 12.5. The zero-order valence-electron chi connectivity index (χ0n) is 12.8. The van der Waals surface area contributed by atoms with E-state index in [1.807, 2.05) is 7.05 Å². The number of urea groups is 1. The second-order valence-corrected chi connectivity index (χ2v) is 6.14. The summed E-state index contributed by atoms with van der Waals surface area (Å²) in [5.74, 6) is -0.387. The maximum Gasteiger partial charge on any atom is 0.326 e. The van der Waals surface area contributed by atoms with Gasteiger partial charge in [-0.1, -0.05) is 12.8 Å². The van der Waals surface area contributed by atoms with E-state index in [1.54, 1.807) is 4.90 Å². The van der Waals surface area contributed by atoms with Gasteiger partial charge in [-0.25, -0.2) is 9.59 Å². The number of likely N-dealkylation sites (tertiary alicyclic amines) is 1. The first-order valence-electron chi connectivity index (χ1n) is 8.08. The van der Waals surface area contributed by atoms with E-state index in [-0.39, 0.29) is 12.1 Å². The van der Waals surface area contributed by atoms with E-state index in [2.05, 4.69) is 10.6 Å². The Morgan fingerprint density at radius 1 is 1.14 bits per heavy atom. The molecule has 1 saturated heterocycles. The molecule has 3 atom stereocenters. The van der Waals surface area contributed by atoms with Crippen LogP contribution in [0.3, 0.4) is 0 Å². The van der Waals surface area contributed by atoms with Crippen molar-refractivity contribution in [2.45, 2.75) is 57.0 Å². The van der Waals surface area contributed by atoms with Gasteiger partial charge >= 0.3 is 12.0 Å². The second-order valence-electron chi connectivity index (χ2n) is 6.14. The van der Waals surface area contributed by atoms with Crippen LogP contribution in [0.1, 0.15) is 44.9 Å². The van der Waals surface area contributed by atoms with Crippen molar-refractivity contribution in [3.8, 4) is 0 Å². The van der Waals surface area contributed by atoms with Crippen LogP contribution in [-0.4, -0.2) is 54.2 Å². The van der Waals surface area contributed by atoms with Crippen LogP contribution < -0.4 is 10.6 Å². The summed E-state index contributed by atoms with van der Waals surface area (Å²) >= 11 is 0. The summed E-state index contributed by atoms with van der Waals surface area (Å²) in [6.45, 7) is 1.43. The molecule has 2 amide bonds. The normalized spacial score (nSPS) is 28.8. The van der Waals surface area contributed by atoms with Gasteiger partial charge in [-0.2, -0.15) is 0 Å². The monoisotopic (exact) mass is 297 g/mol. The summed E-state index contributed by atoms with van der Waals surface area (Å²) in [5.41, 5.74) is 0. The molecule has 0 radical (unpaired) electrons. The fourth-order valence-electron chi connectivity index (χ4n) is 3.72. The lowest BCUT2D eigenvalue weighted by atomic mass is 9.76. The number of carbonyl (C=O) groups is 2. The smallest absolute Gasteiger partial charge is 0.326 e. The lowest BCUT2D eigenvalue weighted by Gasteiger charge is -2.46. The number of rotatable bonds is 5. The third kappa shape index (κ3) is 3.87. The molecule has 2 aliphatic rings. The molecular weight excluding hydrogens is 270 g/mol. The highest BCUT2D eigenvalue weighted by atomic mass is 16.4. The molecule has 0 spiro atoms. The fraction of sp³-hybridized carbons (Fsp3) is 0.867. The molecule has 3 N–H and O–H groups in total. The van der Waals surface area contributed by atoms with Crippen LogP contribution in [0.15, 0.2) is 0 Å². The Hall–Kier alpha value is -1.30. The maximum absolute atomic E-state index is 12.5.